The van der Waals surface area contributed by atoms with E-state index in [0.717, 1.165) is 30.5 Å². The predicted octanol–water partition coefficient (Wildman–Crippen LogP) is 3.86. The van der Waals surface area contributed by atoms with E-state index in [1.807, 2.05) is 23.1 Å². The number of carbonyl (C=O) groups is 1. The van der Waals surface area contributed by atoms with Gasteiger partial charge in [-0.05, 0) is 55.5 Å². The Hall–Kier alpha value is -2.75. The van der Waals surface area contributed by atoms with Crippen molar-refractivity contribution < 1.29 is 14.6 Å². The second-order valence-electron chi connectivity index (χ2n) is 6.77. The molecule has 1 amide bonds. The number of carbonyl (C=O) groups excluding carboxylic acids is 1. The molecule has 1 N–H and O–H groups in total. The molecule has 128 valence electrons. The number of benzene rings is 2. The average molecular weight is 335 g/mol. The Morgan fingerprint density at radius 1 is 1.16 bits per heavy atom. The molecule has 0 aliphatic carbocycles. The summed E-state index contributed by atoms with van der Waals surface area (Å²) in [6, 6.07) is 11.5. The van der Waals surface area contributed by atoms with Gasteiger partial charge in [0.05, 0.1) is 13.2 Å². The standard InChI is InChI=1S/C21H21NO3/c1-13-7-8-14-11-19(23)20(25-2)12-17(14)21(24)22-16(9-13)10-15-5-3-4-6-18(15)22/h3-6,9,11-12,16,23H,7-8,10H2,1-2H3/b13-9-/t16-/m1/s1. The van der Waals surface area contributed by atoms with Gasteiger partial charge in [-0.2, -0.15) is 0 Å². The summed E-state index contributed by atoms with van der Waals surface area (Å²) in [5.41, 5.74) is 4.90. The van der Waals surface area contributed by atoms with Crippen molar-refractivity contribution in [2.24, 2.45) is 0 Å². The quantitative estimate of drug-likeness (QED) is 0.805. The molecule has 2 aliphatic heterocycles. The molecule has 0 aromatic heterocycles. The van der Waals surface area contributed by atoms with Gasteiger partial charge in [0.1, 0.15) is 0 Å². The monoisotopic (exact) mass is 335 g/mol. The summed E-state index contributed by atoms with van der Waals surface area (Å²) in [7, 11) is 1.50. The number of para-hydroxylation sites is 1. The van der Waals surface area contributed by atoms with Gasteiger partial charge in [0.2, 0.25) is 0 Å². The Labute approximate surface area is 147 Å². The van der Waals surface area contributed by atoms with E-state index in [-0.39, 0.29) is 17.7 Å². The van der Waals surface area contributed by atoms with Crippen molar-refractivity contribution in [3.05, 3.63) is 64.7 Å². The third-order valence-corrected chi connectivity index (χ3v) is 5.13. The van der Waals surface area contributed by atoms with Crippen LogP contribution < -0.4 is 9.64 Å². The number of fused-ring (bicyclic) bond motifs is 4. The van der Waals surface area contributed by atoms with Crippen LogP contribution in [0.15, 0.2) is 48.0 Å². The summed E-state index contributed by atoms with van der Waals surface area (Å²) in [5.74, 6) is 0.377. The number of rotatable bonds is 1. The number of phenolic OH excluding ortho intramolecular Hbond substituents is 1. The van der Waals surface area contributed by atoms with E-state index in [9.17, 15) is 9.90 Å². The Kier molecular flexibility index (Phi) is 3.75. The largest absolute Gasteiger partial charge is 0.504 e. The third kappa shape index (κ3) is 2.58. The lowest BCUT2D eigenvalue weighted by molar-refractivity contribution is 0.0983. The number of anilines is 1. The number of phenols is 1. The van der Waals surface area contributed by atoms with Crippen LogP contribution in [0.3, 0.4) is 0 Å². The Balaban J connectivity index is 1.90. The van der Waals surface area contributed by atoms with E-state index < -0.39 is 0 Å². The number of hydrogen-bond acceptors (Lipinski definition) is 3. The van der Waals surface area contributed by atoms with Crippen LogP contribution >= 0.6 is 0 Å². The highest BCUT2D eigenvalue weighted by atomic mass is 16.5. The number of hydrogen-bond donors (Lipinski definition) is 1. The van der Waals surface area contributed by atoms with Crippen LogP contribution in [0.1, 0.15) is 34.8 Å². The molecular weight excluding hydrogens is 314 g/mol. The van der Waals surface area contributed by atoms with Crippen LogP contribution in [-0.2, 0) is 12.8 Å². The highest BCUT2D eigenvalue weighted by Crippen LogP contribution is 2.38. The minimum Gasteiger partial charge on any atom is -0.504 e. The molecule has 0 radical (unpaired) electrons. The summed E-state index contributed by atoms with van der Waals surface area (Å²) < 4.78 is 5.23. The predicted molar refractivity (Wildman–Crippen MR) is 97.5 cm³/mol. The van der Waals surface area contributed by atoms with Crippen molar-refractivity contribution >= 4 is 11.6 Å². The maximum atomic E-state index is 13.4. The van der Waals surface area contributed by atoms with E-state index in [2.05, 4.69) is 19.1 Å². The molecule has 0 saturated carbocycles. The van der Waals surface area contributed by atoms with Gasteiger partial charge in [0.15, 0.2) is 11.5 Å². The molecule has 0 unspecified atom stereocenters. The number of methoxy groups -OCH3 is 1. The molecule has 4 nitrogen and oxygen atoms in total. The van der Waals surface area contributed by atoms with Crippen molar-refractivity contribution in [3.63, 3.8) is 0 Å². The SMILES string of the molecule is COc1cc2c(cc1O)CC/C(C)=C\[C@@H]1Cc3ccccc3N1C2=O. The van der Waals surface area contributed by atoms with E-state index in [1.54, 1.807) is 12.1 Å². The van der Waals surface area contributed by atoms with E-state index in [1.165, 1.54) is 18.2 Å². The van der Waals surface area contributed by atoms with Crippen molar-refractivity contribution in [3.8, 4) is 11.5 Å². The van der Waals surface area contributed by atoms with Gasteiger partial charge in [-0.3, -0.25) is 4.79 Å². The van der Waals surface area contributed by atoms with Gasteiger partial charge in [0.25, 0.3) is 5.91 Å². The molecule has 2 heterocycles. The fourth-order valence-corrected chi connectivity index (χ4v) is 3.86. The number of aryl methyl sites for hydroxylation is 1. The zero-order valence-electron chi connectivity index (χ0n) is 14.5. The molecule has 2 aromatic rings. The Morgan fingerprint density at radius 2 is 1.96 bits per heavy atom. The van der Waals surface area contributed by atoms with E-state index in [4.69, 9.17) is 4.74 Å². The maximum absolute atomic E-state index is 13.4. The number of ether oxygens (including phenoxy) is 1. The molecule has 25 heavy (non-hydrogen) atoms. The smallest absolute Gasteiger partial charge is 0.259 e. The van der Waals surface area contributed by atoms with Crippen LogP contribution in [0.2, 0.25) is 0 Å². The van der Waals surface area contributed by atoms with Gasteiger partial charge in [-0.15, -0.1) is 0 Å². The Bertz CT molecular complexity index is 885. The van der Waals surface area contributed by atoms with Crippen LogP contribution in [0.4, 0.5) is 5.69 Å². The topological polar surface area (TPSA) is 49.8 Å². The average Bonchev–Trinajstić information content (AvgIpc) is 2.97. The second-order valence-corrected chi connectivity index (χ2v) is 6.77. The second kappa shape index (κ2) is 5.96. The lowest BCUT2D eigenvalue weighted by Crippen LogP contribution is -2.37. The minimum atomic E-state index is -0.0331. The zero-order chi connectivity index (χ0) is 17.6. The van der Waals surface area contributed by atoms with Gasteiger partial charge >= 0.3 is 0 Å². The summed E-state index contributed by atoms with van der Waals surface area (Å²) in [6.07, 6.45) is 4.64. The molecule has 4 rings (SSSR count). The molecule has 0 spiro atoms. The highest BCUT2D eigenvalue weighted by molar-refractivity contribution is 6.09. The minimum absolute atomic E-state index is 0.0331. The molecule has 0 fully saturated rings. The van der Waals surface area contributed by atoms with Crippen molar-refractivity contribution in [2.75, 3.05) is 12.0 Å². The summed E-state index contributed by atoms with van der Waals surface area (Å²) >= 11 is 0. The Morgan fingerprint density at radius 3 is 2.76 bits per heavy atom. The first kappa shape index (κ1) is 15.8. The van der Waals surface area contributed by atoms with Gasteiger partial charge in [-0.1, -0.05) is 29.8 Å². The fraction of sp³-hybridized carbons (Fsp3) is 0.286. The van der Waals surface area contributed by atoms with Crippen LogP contribution in [0.25, 0.3) is 0 Å². The van der Waals surface area contributed by atoms with Gasteiger partial charge in [-0.25, -0.2) is 0 Å². The first-order valence-electron chi connectivity index (χ1n) is 8.57. The normalized spacial score (nSPS) is 21.2. The highest BCUT2D eigenvalue weighted by Gasteiger charge is 2.35. The first-order valence-corrected chi connectivity index (χ1v) is 8.57. The van der Waals surface area contributed by atoms with Crippen molar-refractivity contribution in [2.45, 2.75) is 32.2 Å². The van der Waals surface area contributed by atoms with Crippen LogP contribution in [-0.4, -0.2) is 24.2 Å². The summed E-state index contributed by atoms with van der Waals surface area (Å²) in [5, 5.41) is 10.1. The lowest BCUT2D eigenvalue weighted by Gasteiger charge is -2.24. The third-order valence-electron chi connectivity index (χ3n) is 5.13. The van der Waals surface area contributed by atoms with E-state index in [0.29, 0.717) is 11.3 Å². The van der Waals surface area contributed by atoms with E-state index >= 15 is 0 Å². The summed E-state index contributed by atoms with van der Waals surface area (Å²) in [4.78, 5) is 15.3. The van der Waals surface area contributed by atoms with Crippen molar-refractivity contribution in [1.29, 1.82) is 0 Å². The van der Waals surface area contributed by atoms with Gasteiger partial charge in [0, 0.05) is 11.3 Å². The maximum Gasteiger partial charge on any atom is 0.259 e. The molecule has 2 aromatic carbocycles. The fourth-order valence-electron chi connectivity index (χ4n) is 3.86. The number of nitrogens with zero attached hydrogens (tertiary/aromatic N) is 1. The zero-order valence-corrected chi connectivity index (χ0v) is 14.5. The molecular formula is C21H21NO3. The lowest BCUT2D eigenvalue weighted by atomic mass is 9.98. The first-order chi connectivity index (χ1) is 12.1. The molecule has 2 aliphatic rings. The molecule has 4 heteroatoms. The molecule has 0 saturated heterocycles. The number of allylic oxidation sites excluding steroid dienone is 1. The van der Waals surface area contributed by atoms with Crippen molar-refractivity contribution in [1.82, 2.24) is 0 Å². The van der Waals surface area contributed by atoms with Crippen LogP contribution in [0.5, 0.6) is 11.5 Å². The van der Waals surface area contributed by atoms with Crippen LogP contribution in [0, 0.1) is 0 Å². The molecule has 0 bridgehead atoms. The van der Waals surface area contributed by atoms with Gasteiger partial charge < -0.3 is 14.7 Å². The molecule has 1 atom stereocenters. The summed E-state index contributed by atoms with van der Waals surface area (Å²) in [6.45, 7) is 2.11. The number of aromatic hydroxyl groups is 1. The number of amides is 1.